The molecule has 0 spiro atoms. The molecule has 0 atom stereocenters. The summed E-state index contributed by atoms with van der Waals surface area (Å²) >= 11 is 0. The van der Waals surface area contributed by atoms with Gasteiger partial charge in [0, 0.05) is 79.0 Å². The largest absolute Gasteiger partial charge is 0.493 e. The van der Waals surface area contributed by atoms with Crippen molar-refractivity contribution in [3.8, 4) is 22.8 Å². The molecule has 3 aromatic heterocycles. The average molecular weight is 489 g/mol. The number of piperidine rings is 2. The van der Waals surface area contributed by atoms with Gasteiger partial charge in [0.2, 0.25) is 0 Å². The van der Waals surface area contributed by atoms with Crippen LogP contribution in [0.4, 0.5) is 0 Å². The van der Waals surface area contributed by atoms with Crippen LogP contribution in [-0.2, 0) is 13.6 Å². The van der Waals surface area contributed by atoms with Crippen molar-refractivity contribution in [2.45, 2.75) is 44.7 Å². The molecule has 2 saturated heterocycles. The number of aromatic amines is 1. The Balaban J connectivity index is 1.42. The van der Waals surface area contributed by atoms with Crippen molar-refractivity contribution in [2.75, 3.05) is 40.4 Å². The number of quaternary nitrogens is 1. The first-order valence-electron chi connectivity index (χ1n) is 13.4. The predicted molar refractivity (Wildman–Crippen MR) is 145 cm³/mol. The summed E-state index contributed by atoms with van der Waals surface area (Å²) in [5.74, 6) is 1.48. The number of benzene rings is 1. The number of ether oxygens (including phenoxy) is 2. The summed E-state index contributed by atoms with van der Waals surface area (Å²) in [6.07, 6.45) is 10.8. The van der Waals surface area contributed by atoms with E-state index in [1.54, 1.807) is 14.2 Å². The minimum atomic E-state index is 0.742. The van der Waals surface area contributed by atoms with Crippen LogP contribution in [0.1, 0.15) is 37.7 Å². The number of fused-ring (bicyclic) bond motifs is 2. The molecule has 1 aromatic carbocycles. The van der Waals surface area contributed by atoms with Crippen LogP contribution >= 0.6 is 0 Å². The van der Waals surface area contributed by atoms with Crippen molar-refractivity contribution in [1.29, 1.82) is 0 Å². The summed E-state index contributed by atoms with van der Waals surface area (Å²) in [6.45, 7) is 6.01. The molecular weight excluding hydrogens is 450 g/mol. The van der Waals surface area contributed by atoms with Crippen molar-refractivity contribution in [3.63, 3.8) is 0 Å². The van der Waals surface area contributed by atoms with E-state index < -0.39 is 0 Å². The van der Waals surface area contributed by atoms with E-state index in [-0.39, 0.29) is 0 Å². The van der Waals surface area contributed by atoms with E-state index in [2.05, 4.69) is 46.3 Å². The molecule has 0 saturated carbocycles. The van der Waals surface area contributed by atoms with Gasteiger partial charge in [-0.1, -0.05) is 0 Å². The Hall–Kier alpha value is -3.03. The number of nitrogens with zero attached hydrogens (tertiary/aromatic N) is 3. The number of rotatable bonds is 6. The second-order valence-corrected chi connectivity index (χ2v) is 10.7. The molecule has 0 aliphatic carbocycles. The molecule has 190 valence electrons. The molecule has 36 heavy (non-hydrogen) atoms. The summed E-state index contributed by atoms with van der Waals surface area (Å²) in [4.78, 5) is 8.38. The van der Waals surface area contributed by atoms with Gasteiger partial charge in [-0.05, 0) is 37.5 Å². The van der Waals surface area contributed by atoms with Gasteiger partial charge in [0.05, 0.1) is 38.9 Å². The number of hydrogen-bond acceptors (Lipinski definition) is 4. The Labute approximate surface area is 213 Å². The Bertz CT molecular complexity index is 1380. The van der Waals surface area contributed by atoms with Gasteiger partial charge < -0.3 is 28.8 Å². The molecule has 2 N–H and O–H groups in total. The fourth-order valence-corrected chi connectivity index (χ4v) is 6.78. The summed E-state index contributed by atoms with van der Waals surface area (Å²) in [5, 5.41) is 5.96. The number of pyridine rings is 1. The molecule has 7 nitrogen and oxygen atoms in total. The van der Waals surface area contributed by atoms with E-state index in [0.29, 0.717) is 0 Å². The van der Waals surface area contributed by atoms with E-state index in [0.717, 1.165) is 65.0 Å². The lowest BCUT2D eigenvalue weighted by atomic mass is 9.95. The molecule has 2 fully saturated rings. The number of hydrogen-bond donors (Lipinski definition) is 2. The summed E-state index contributed by atoms with van der Waals surface area (Å²) < 4.78 is 14.6. The smallest absolute Gasteiger partial charge is 0.162 e. The molecule has 0 bridgehead atoms. The molecule has 0 radical (unpaired) electrons. The van der Waals surface area contributed by atoms with Crippen LogP contribution in [0.2, 0.25) is 0 Å². The highest BCUT2D eigenvalue weighted by Gasteiger charge is 2.39. The maximum atomic E-state index is 5.61. The lowest BCUT2D eigenvalue weighted by Gasteiger charge is -2.49. The van der Waals surface area contributed by atoms with Gasteiger partial charge in [0.25, 0.3) is 0 Å². The zero-order chi connectivity index (χ0) is 24.7. The zero-order valence-electron chi connectivity index (χ0n) is 21.8. The quantitative estimate of drug-likeness (QED) is 0.375. The Kier molecular flexibility index (Phi) is 6.13. The minimum Gasteiger partial charge on any atom is -0.493 e. The molecule has 7 heteroatoms. The van der Waals surface area contributed by atoms with Crippen molar-refractivity contribution < 1.29 is 14.0 Å². The third-order valence-electron chi connectivity index (χ3n) is 8.68. The molecule has 0 unspecified atom stereocenters. The Morgan fingerprint density at radius 1 is 1.00 bits per heavy atom. The SMILES string of the molecule is COc1cc2c(-c3cc4c(C[N+]5(C6CCNCC6)CCCCC5)ccnc4[nH]3)cn(C)c2cc1OC. The van der Waals surface area contributed by atoms with Crippen LogP contribution in [0.5, 0.6) is 11.5 Å². The molecule has 2 aliphatic heterocycles. The zero-order valence-corrected chi connectivity index (χ0v) is 21.8. The molecule has 2 aliphatic rings. The molecule has 4 aromatic rings. The third kappa shape index (κ3) is 3.95. The maximum absolute atomic E-state index is 5.61. The second kappa shape index (κ2) is 9.45. The lowest BCUT2D eigenvalue weighted by Crippen LogP contribution is -2.59. The highest BCUT2D eigenvalue weighted by atomic mass is 16.5. The minimum absolute atomic E-state index is 0.742. The number of likely N-dealkylation sites (tertiary alicyclic amines) is 1. The maximum Gasteiger partial charge on any atom is 0.162 e. The highest BCUT2D eigenvalue weighted by Crippen LogP contribution is 2.39. The van der Waals surface area contributed by atoms with E-state index in [9.17, 15) is 0 Å². The van der Waals surface area contributed by atoms with Gasteiger partial charge in [0.1, 0.15) is 12.2 Å². The number of aryl methyl sites for hydroxylation is 1. The standard InChI is InChI=1S/C29H38N5O2/c1-33-18-24(23-16-27(35-2)28(36-3)17-26(23)33)25-15-22-20(7-12-31-29(22)32-25)19-34(13-5-4-6-14-34)21-8-10-30-11-9-21/h7,12,15-18,21,30H,4-6,8-11,13-14,19H2,1-3H3,(H,31,32)/q+1. The first-order valence-corrected chi connectivity index (χ1v) is 13.4. The van der Waals surface area contributed by atoms with Gasteiger partial charge in [-0.25, -0.2) is 4.98 Å². The number of methoxy groups -OCH3 is 2. The fraction of sp³-hybridized carbons (Fsp3) is 0.483. The third-order valence-corrected chi connectivity index (χ3v) is 8.68. The number of nitrogens with one attached hydrogen (secondary N) is 2. The van der Waals surface area contributed by atoms with Crippen molar-refractivity contribution in [1.82, 2.24) is 19.9 Å². The van der Waals surface area contributed by atoms with Crippen LogP contribution < -0.4 is 14.8 Å². The first kappa shape index (κ1) is 23.4. The van der Waals surface area contributed by atoms with Crippen molar-refractivity contribution >= 4 is 21.9 Å². The second-order valence-electron chi connectivity index (χ2n) is 10.7. The van der Waals surface area contributed by atoms with Crippen LogP contribution in [0.3, 0.4) is 0 Å². The molecule has 6 rings (SSSR count). The van der Waals surface area contributed by atoms with E-state index in [1.807, 2.05) is 12.3 Å². The van der Waals surface area contributed by atoms with Gasteiger partial charge in [0.15, 0.2) is 11.5 Å². The lowest BCUT2D eigenvalue weighted by molar-refractivity contribution is -0.968. The van der Waals surface area contributed by atoms with E-state index >= 15 is 0 Å². The Morgan fingerprint density at radius 3 is 2.50 bits per heavy atom. The number of H-pyrrole nitrogens is 1. The van der Waals surface area contributed by atoms with Crippen molar-refractivity contribution in [3.05, 3.63) is 42.2 Å². The summed E-state index contributed by atoms with van der Waals surface area (Å²) in [5.41, 5.74) is 5.74. The van der Waals surface area contributed by atoms with E-state index in [1.165, 1.54) is 60.6 Å². The monoisotopic (exact) mass is 488 g/mol. The highest BCUT2D eigenvalue weighted by molar-refractivity contribution is 5.99. The number of aromatic nitrogens is 3. The Morgan fingerprint density at radius 2 is 1.75 bits per heavy atom. The fourth-order valence-electron chi connectivity index (χ4n) is 6.78. The van der Waals surface area contributed by atoms with Crippen LogP contribution in [-0.4, -0.2) is 65.5 Å². The summed E-state index contributed by atoms with van der Waals surface area (Å²) in [6, 6.07) is 9.45. The predicted octanol–water partition coefficient (Wildman–Crippen LogP) is 4.99. The van der Waals surface area contributed by atoms with Gasteiger partial charge in [-0.2, -0.15) is 0 Å². The molecule has 0 amide bonds. The van der Waals surface area contributed by atoms with Crippen LogP contribution in [0, 0.1) is 0 Å². The van der Waals surface area contributed by atoms with E-state index in [4.69, 9.17) is 14.5 Å². The van der Waals surface area contributed by atoms with Crippen molar-refractivity contribution in [2.24, 2.45) is 7.05 Å². The first-order chi connectivity index (χ1) is 17.6. The average Bonchev–Trinajstić information content (AvgIpc) is 3.50. The van der Waals surface area contributed by atoms with Gasteiger partial charge in [-0.3, -0.25) is 0 Å². The van der Waals surface area contributed by atoms with Crippen LogP contribution in [0.15, 0.2) is 36.7 Å². The summed E-state index contributed by atoms with van der Waals surface area (Å²) in [7, 11) is 5.44. The normalized spacial score (nSPS) is 18.6. The topological polar surface area (TPSA) is 64.1 Å². The van der Waals surface area contributed by atoms with Crippen LogP contribution in [0.25, 0.3) is 33.2 Å². The molecule has 5 heterocycles. The molecular formula is C29H38N5O2+. The van der Waals surface area contributed by atoms with Gasteiger partial charge >= 0.3 is 0 Å². The van der Waals surface area contributed by atoms with Gasteiger partial charge in [-0.15, -0.1) is 0 Å².